The topological polar surface area (TPSA) is 92.3 Å². The first-order chi connectivity index (χ1) is 15.0. The zero-order valence-corrected chi connectivity index (χ0v) is 18.0. The number of halogens is 3. The molecule has 0 spiro atoms. The van der Waals surface area contributed by atoms with Crippen molar-refractivity contribution in [3.8, 4) is 0 Å². The van der Waals surface area contributed by atoms with E-state index >= 15 is 0 Å². The highest BCUT2D eigenvalue weighted by Gasteiger charge is 2.30. The average Bonchev–Trinajstić information content (AvgIpc) is 3.29. The molecule has 0 aliphatic rings. The van der Waals surface area contributed by atoms with Crippen LogP contribution in [0.15, 0.2) is 70.3 Å². The number of hydrogen-bond acceptors (Lipinski definition) is 5. The number of hydrogen-bond donors (Lipinski definition) is 2. The maximum absolute atomic E-state index is 12.6. The minimum atomic E-state index is -4.46. The molecule has 0 saturated heterocycles. The highest BCUT2D eigenvalue weighted by atomic mass is 32.2. The molecule has 1 aromatic heterocycles. The minimum Gasteiger partial charge on any atom is -0.326 e. The van der Waals surface area contributed by atoms with Crippen LogP contribution in [-0.2, 0) is 20.8 Å². The molecule has 3 rings (SSSR count). The number of carbonyl (C=O) groups is 2. The molecular formula is C21H17F3N2O4S2. The number of benzene rings is 2. The van der Waals surface area contributed by atoms with E-state index in [0.717, 1.165) is 35.6 Å². The summed E-state index contributed by atoms with van der Waals surface area (Å²) in [5.41, 5.74) is -0.0242. The first kappa shape index (κ1) is 23.5. The van der Waals surface area contributed by atoms with Gasteiger partial charge in [-0.2, -0.15) is 13.2 Å². The summed E-state index contributed by atoms with van der Waals surface area (Å²) in [6.45, 7) is 0. The molecule has 0 saturated carbocycles. The average molecular weight is 483 g/mol. The van der Waals surface area contributed by atoms with E-state index in [1.807, 2.05) is 0 Å². The third-order valence-electron chi connectivity index (χ3n) is 4.30. The lowest BCUT2D eigenvalue weighted by molar-refractivity contribution is -0.137. The van der Waals surface area contributed by atoms with E-state index in [9.17, 15) is 31.2 Å². The summed E-state index contributed by atoms with van der Waals surface area (Å²) >= 11 is 1.08. The summed E-state index contributed by atoms with van der Waals surface area (Å²) in [5.74, 6) is -1.36. The van der Waals surface area contributed by atoms with Crippen LogP contribution in [-0.4, -0.2) is 26.0 Å². The third kappa shape index (κ3) is 6.17. The number of carbonyl (C=O) groups excluding carboxylic acids is 2. The number of thiophene rings is 1. The van der Waals surface area contributed by atoms with Crippen LogP contribution < -0.4 is 10.6 Å². The van der Waals surface area contributed by atoms with Crippen molar-refractivity contribution in [2.24, 2.45) is 0 Å². The standard InChI is InChI=1S/C21H17F3N2O4S2/c22-21(23,24)15-5-9-17(10-6-15)26-20(28)14-3-7-16(8-4-14)25-18(27)11-13-32(29,30)19-2-1-12-31-19/h1-10,12H,11,13H2,(H,25,27)(H,26,28). The number of sulfone groups is 1. The van der Waals surface area contributed by atoms with Crippen LogP contribution in [0.5, 0.6) is 0 Å². The van der Waals surface area contributed by atoms with E-state index in [4.69, 9.17) is 0 Å². The molecule has 0 bridgehead atoms. The zero-order valence-electron chi connectivity index (χ0n) is 16.3. The normalized spacial score (nSPS) is 11.7. The number of amides is 2. The van der Waals surface area contributed by atoms with Crippen LogP contribution in [0.2, 0.25) is 0 Å². The van der Waals surface area contributed by atoms with Crippen molar-refractivity contribution >= 4 is 44.4 Å². The maximum Gasteiger partial charge on any atom is 0.416 e. The van der Waals surface area contributed by atoms with Crippen molar-refractivity contribution < 1.29 is 31.2 Å². The molecule has 11 heteroatoms. The molecule has 1 heterocycles. The molecule has 0 fully saturated rings. The zero-order chi connectivity index (χ0) is 23.4. The van der Waals surface area contributed by atoms with Crippen molar-refractivity contribution in [2.75, 3.05) is 16.4 Å². The lowest BCUT2D eigenvalue weighted by atomic mass is 10.1. The van der Waals surface area contributed by atoms with Crippen molar-refractivity contribution in [1.82, 2.24) is 0 Å². The van der Waals surface area contributed by atoms with Crippen LogP contribution in [0.25, 0.3) is 0 Å². The van der Waals surface area contributed by atoms with Gasteiger partial charge in [-0.15, -0.1) is 11.3 Å². The highest BCUT2D eigenvalue weighted by molar-refractivity contribution is 7.93. The second kappa shape index (κ2) is 9.53. The summed E-state index contributed by atoms with van der Waals surface area (Å²) in [4.78, 5) is 24.3. The number of alkyl halides is 3. The van der Waals surface area contributed by atoms with Gasteiger partial charge in [0.2, 0.25) is 5.91 Å². The van der Waals surface area contributed by atoms with E-state index in [0.29, 0.717) is 5.69 Å². The van der Waals surface area contributed by atoms with Crippen LogP contribution in [0.1, 0.15) is 22.3 Å². The van der Waals surface area contributed by atoms with Gasteiger partial charge in [0.25, 0.3) is 5.91 Å². The molecule has 0 atom stereocenters. The van der Waals surface area contributed by atoms with Gasteiger partial charge in [-0.05, 0) is 60.0 Å². The molecule has 0 aliphatic heterocycles. The van der Waals surface area contributed by atoms with Gasteiger partial charge in [0.05, 0.1) is 11.3 Å². The predicted octanol–water partition coefficient (Wildman–Crippen LogP) is 4.82. The Morgan fingerprint density at radius 3 is 2.03 bits per heavy atom. The molecule has 2 aromatic carbocycles. The predicted molar refractivity (Wildman–Crippen MR) is 115 cm³/mol. The Hall–Kier alpha value is -3.18. The second-order valence-electron chi connectivity index (χ2n) is 6.66. The van der Waals surface area contributed by atoms with Gasteiger partial charge < -0.3 is 10.6 Å². The molecule has 2 N–H and O–H groups in total. The van der Waals surface area contributed by atoms with Gasteiger partial charge >= 0.3 is 6.18 Å². The molecule has 6 nitrogen and oxygen atoms in total. The molecular weight excluding hydrogens is 465 g/mol. The quantitative estimate of drug-likeness (QED) is 0.505. The van der Waals surface area contributed by atoms with E-state index in [1.54, 1.807) is 11.4 Å². The smallest absolute Gasteiger partial charge is 0.326 e. The Labute approximate surface area is 186 Å². The minimum absolute atomic E-state index is 0.201. The van der Waals surface area contributed by atoms with Gasteiger partial charge in [0.1, 0.15) is 4.21 Å². The summed E-state index contributed by atoms with van der Waals surface area (Å²) in [6.07, 6.45) is -4.69. The van der Waals surface area contributed by atoms with E-state index in [2.05, 4.69) is 10.6 Å². The van der Waals surface area contributed by atoms with Gasteiger partial charge in [-0.3, -0.25) is 9.59 Å². The van der Waals surface area contributed by atoms with E-state index in [1.165, 1.54) is 30.3 Å². The third-order valence-corrected chi connectivity index (χ3v) is 7.50. The van der Waals surface area contributed by atoms with Gasteiger partial charge in [0.15, 0.2) is 9.84 Å². The van der Waals surface area contributed by atoms with Crippen molar-refractivity contribution in [2.45, 2.75) is 16.8 Å². The highest BCUT2D eigenvalue weighted by Crippen LogP contribution is 2.30. The lowest BCUT2D eigenvalue weighted by Gasteiger charge is -2.09. The second-order valence-corrected chi connectivity index (χ2v) is 9.94. The SMILES string of the molecule is O=C(CCS(=O)(=O)c1cccs1)Nc1ccc(C(=O)Nc2ccc(C(F)(F)F)cc2)cc1. The summed E-state index contributed by atoms with van der Waals surface area (Å²) in [5, 5.41) is 6.69. The maximum atomic E-state index is 12.6. The first-order valence-corrected chi connectivity index (χ1v) is 11.7. The lowest BCUT2D eigenvalue weighted by Crippen LogP contribution is -2.17. The van der Waals surface area contributed by atoms with E-state index in [-0.39, 0.29) is 27.6 Å². The van der Waals surface area contributed by atoms with Crippen molar-refractivity contribution in [3.05, 3.63) is 77.2 Å². The molecule has 0 unspecified atom stereocenters. The number of anilines is 2. The fourth-order valence-corrected chi connectivity index (χ4v) is 5.04. The summed E-state index contributed by atoms with van der Waals surface area (Å²) in [7, 11) is -3.52. The number of nitrogens with one attached hydrogen (secondary N) is 2. The molecule has 3 aromatic rings. The Morgan fingerprint density at radius 1 is 0.875 bits per heavy atom. The summed E-state index contributed by atoms with van der Waals surface area (Å²) < 4.78 is 62.2. The molecule has 0 aliphatic carbocycles. The number of rotatable bonds is 7. The largest absolute Gasteiger partial charge is 0.416 e. The molecule has 32 heavy (non-hydrogen) atoms. The van der Waals surface area contributed by atoms with Gasteiger partial charge in [-0.25, -0.2) is 8.42 Å². The van der Waals surface area contributed by atoms with Crippen LogP contribution in [0, 0.1) is 0 Å². The Bertz CT molecular complexity index is 1190. The van der Waals surface area contributed by atoms with Crippen molar-refractivity contribution in [3.63, 3.8) is 0 Å². The fraction of sp³-hybridized carbons (Fsp3) is 0.143. The first-order valence-electron chi connectivity index (χ1n) is 9.19. The summed E-state index contributed by atoms with van der Waals surface area (Å²) in [6, 6.07) is 12.9. The molecule has 2 amide bonds. The van der Waals surface area contributed by atoms with Crippen LogP contribution in [0.4, 0.5) is 24.5 Å². The monoisotopic (exact) mass is 482 g/mol. The van der Waals surface area contributed by atoms with Gasteiger partial charge in [-0.1, -0.05) is 6.07 Å². The van der Waals surface area contributed by atoms with Gasteiger partial charge in [0, 0.05) is 23.4 Å². The Morgan fingerprint density at radius 2 is 1.47 bits per heavy atom. The molecule has 0 radical (unpaired) electrons. The van der Waals surface area contributed by atoms with Crippen LogP contribution in [0.3, 0.4) is 0 Å². The van der Waals surface area contributed by atoms with Crippen LogP contribution >= 0.6 is 11.3 Å². The fourth-order valence-electron chi connectivity index (χ4n) is 2.64. The Balaban J connectivity index is 1.54. The van der Waals surface area contributed by atoms with E-state index < -0.39 is 33.4 Å². The Kier molecular flexibility index (Phi) is 6.99. The van der Waals surface area contributed by atoms with Crippen molar-refractivity contribution in [1.29, 1.82) is 0 Å². The molecule has 168 valence electrons.